The van der Waals surface area contributed by atoms with Crippen LogP contribution < -0.4 is 11.3 Å². The van der Waals surface area contributed by atoms with Gasteiger partial charge < -0.3 is 4.42 Å². The van der Waals surface area contributed by atoms with Crippen molar-refractivity contribution in [2.75, 3.05) is 0 Å². The Bertz CT molecular complexity index is 571. The van der Waals surface area contributed by atoms with Crippen LogP contribution in [0.15, 0.2) is 33.2 Å². The summed E-state index contributed by atoms with van der Waals surface area (Å²) in [5.74, 6) is 4.98. The highest BCUT2D eigenvalue weighted by molar-refractivity contribution is 9.10. The number of rotatable bonds is 3. The van der Waals surface area contributed by atoms with E-state index in [9.17, 15) is 8.78 Å². The minimum absolute atomic E-state index is 0.169. The van der Waals surface area contributed by atoms with Gasteiger partial charge in [-0.2, -0.15) is 0 Å². The summed E-state index contributed by atoms with van der Waals surface area (Å²) < 4.78 is 33.2. The van der Waals surface area contributed by atoms with Gasteiger partial charge in [0, 0.05) is 0 Å². The summed E-state index contributed by atoms with van der Waals surface area (Å²) >= 11 is 3.01. The maximum atomic E-state index is 14.0. The lowest BCUT2D eigenvalue weighted by Crippen LogP contribution is -2.30. The molecule has 1 heterocycles. The molecule has 0 spiro atoms. The normalized spacial score (nSPS) is 12.7. The number of furan rings is 1. The Labute approximate surface area is 111 Å². The highest BCUT2D eigenvalue weighted by Gasteiger charge is 2.25. The van der Waals surface area contributed by atoms with E-state index in [2.05, 4.69) is 21.4 Å². The monoisotopic (exact) mass is 316 g/mol. The summed E-state index contributed by atoms with van der Waals surface area (Å²) in [4.78, 5) is 0. The first-order chi connectivity index (χ1) is 8.54. The van der Waals surface area contributed by atoms with E-state index in [1.54, 1.807) is 19.1 Å². The van der Waals surface area contributed by atoms with E-state index in [1.807, 2.05) is 0 Å². The van der Waals surface area contributed by atoms with E-state index < -0.39 is 17.7 Å². The fraction of sp³-hybridized carbons (Fsp3) is 0.167. The van der Waals surface area contributed by atoms with Crippen LogP contribution in [-0.4, -0.2) is 0 Å². The minimum atomic E-state index is -0.879. The average Bonchev–Trinajstić information content (AvgIpc) is 2.76. The average molecular weight is 317 g/mol. The Morgan fingerprint density at radius 2 is 2.00 bits per heavy atom. The van der Waals surface area contributed by atoms with Crippen molar-refractivity contribution in [3.63, 3.8) is 0 Å². The number of nitrogens with two attached hydrogens (primary N) is 1. The fourth-order valence-electron chi connectivity index (χ4n) is 1.72. The molecule has 18 heavy (non-hydrogen) atoms. The van der Waals surface area contributed by atoms with Gasteiger partial charge in [-0.3, -0.25) is 5.84 Å². The molecule has 1 atom stereocenters. The Morgan fingerprint density at radius 3 is 2.56 bits per heavy atom. The summed E-state index contributed by atoms with van der Waals surface area (Å²) in [5, 5.41) is 0. The molecular weight excluding hydrogens is 306 g/mol. The van der Waals surface area contributed by atoms with Crippen LogP contribution in [0.25, 0.3) is 0 Å². The van der Waals surface area contributed by atoms with Crippen molar-refractivity contribution in [3.8, 4) is 0 Å². The topological polar surface area (TPSA) is 51.2 Å². The van der Waals surface area contributed by atoms with Gasteiger partial charge in [0.2, 0.25) is 0 Å². The highest BCUT2D eigenvalue weighted by Crippen LogP contribution is 2.31. The van der Waals surface area contributed by atoms with Crippen molar-refractivity contribution in [2.24, 2.45) is 5.84 Å². The highest BCUT2D eigenvalue weighted by atomic mass is 79.9. The molecule has 3 nitrogen and oxygen atoms in total. The molecule has 1 unspecified atom stereocenters. The van der Waals surface area contributed by atoms with Crippen LogP contribution in [0.2, 0.25) is 0 Å². The molecule has 0 bridgehead atoms. The molecule has 1 aromatic carbocycles. The Hall–Kier alpha value is -1.24. The second-order valence-electron chi connectivity index (χ2n) is 3.80. The van der Waals surface area contributed by atoms with Gasteiger partial charge in [0.1, 0.15) is 29.2 Å². The summed E-state index contributed by atoms with van der Waals surface area (Å²) in [5.41, 5.74) is 2.18. The lowest BCUT2D eigenvalue weighted by molar-refractivity contribution is 0.414. The van der Waals surface area contributed by atoms with Gasteiger partial charge in [-0.15, -0.1) is 0 Å². The summed E-state index contributed by atoms with van der Waals surface area (Å²) in [6.45, 7) is 1.74. The van der Waals surface area contributed by atoms with Crippen LogP contribution in [-0.2, 0) is 0 Å². The van der Waals surface area contributed by atoms with Gasteiger partial charge >= 0.3 is 0 Å². The number of halogens is 3. The van der Waals surface area contributed by atoms with Gasteiger partial charge in [0.25, 0.3) is 0 Å². The maximum absolute atomic E-state index is 14.0. The molecule has 0 aliphatic heterocycles. The zero-order valence-electron chi connectivity index (χ0n) is 9.51. The second-order valence-corrected chi connectivity index (χ2v) is 4.66. The number of hydrogen-bond donors (Lipinski definition) is 2. The standard InChI is InChI=1S/C12H11BrF2N2O/c1-6-2-5-9(18-6)12(17-16)10-8(14)4-3-7(13)11(10)15/h2-5,12,17H,16H2,1H3. The quantitative estimate of drug-likeness (QED) is 0.519. The van der Waals surface area contributed by atoms with Crippen LogP contribution in [0, 0.1) is 18.6 Å². The van der Waals surface area contributed by atoms with Crippen LogP contribution in [0.5, 0.6) is 0 Å². The van der Waals surface area contributed by atoms with Crippen LogP contribution >= 0.6 is 15.9 Å². The molecule has 0 fully saturated rings. The van der Waals surface area contributed by atoms with Crippen LogP contribution in [0.4, 0.5) is 8.78 Å². The molecule has 0 saturated carbocycles. The number of benzene rings is 1. The predicted octanol–water partition coefficient (Wildman–Crippen LogP) is 3.18. The molecule has 2 rings (SSSR count). The minimum Gasteiger partial charge on any atom is -0.464 e. The van der Waals surface area contributed by atoms with E-state index in [-0.39, 0.29) is 10.0 Å². The summed E-state index contributed by atoms with van der Waals surface area (Å²) in [7, 11) is 0. The van der Waals surface area contributed by atoms with Gasteiger partial charge in [-0.25, -0.2) is 14.2 Å². The van der Waals surface area contributed by atoms with Crippen molar-refractivity contribution < 1.29 is 13.2 Å². The third-order valence-electron chi connectivity index (χ3n) is 2.58. The zero-order chi connectivity index (χ0) is 13.3. The first-order valence-electron chi connectivity index (χ1n) is 5.20. The van der Waals surface area contributed by atoms with Crippen molar-refractivity contribution in [1.29, 1.82) is 0 Å². The van der Waals surface area contributed by atoms with E-state index in [4.69, 9.17) is 10.3 Å². The first kappa shape index (κ1) is 13.2. The van der Waals surface area contributed by atoms with Gasteiger partial charge in [-0.1, -0.05) is 0 Å². The largest absolute Gasteiger partial charge is 0.464 e. The first-order valence-corrected chi connectivity index (χ1v) is 5.99. The SMILES string of the molecule is Cc1ccc(C(NN)c2c(F)ccc(Br)c2F)o1. The van der Waals surface area contributed by atoms with Gasteiger partial charge in [0.15, 0.2) is 0 Å². The van der Waals surface area contributed by atoms with E-state index >= 15 is 0 Å². The maximum Gasteiger partial charge on any atom is 0.145 e. The van der Waals surface area contributed by atoms with Gasteiger partial charge in [0.05, 0.1) is 10.0 Å². The van der Waals surface area contributed by atoms with E-state index in [0.717, 1.165) is 0 Å². The van der Waals surface area contributed by atoms with Crippen LogP contribution in [0.1, 0.15) is 23.1 Å². The molecule has 3 N–H and O–H groups in total. The van der Waals surface area contributed by atoms with Crippen molar-refractivity contribution >= 4 is 15.9 Å². The van der Waals surface area contributed by atoms with Crippen molar-refractivity contribution in [1.82, 2.24) is 5.43 Å². The third-order valence-corrected chi connectivity index (χ3v) is 3.19. The number of hydrogen-bond acceptors (Lipinski definition) is 3. The lowest BCUT2D eigenvalue weighted by Gasteiger charge is -2.16. The molecule has 0 aliphatic carbocycles. The molecule has 0 amide bonds. The third kappa shape index (κ3) is 2.31. The number of aryl methyl sites for hydroxylation is 1. The van der Waals surface area contributed by atoms with E-state index in [1.165, 1.54) is 12.1 Å². The molecule has 1 aromatic heterocycles. The fourth-order valence-corrected chi connectivity index (χ4v) is 2.07. The Morgan fingerprint density at radius 1 is 1.28 bits per heavy atom. The summed E-state index contributed by atoms with van der Waals surface area (Å²) in [6, 6.07) is 4.92. The van der Waals surface area contributed by atoms with Crippen LogP contribution in [0.3, 0.4) is 0 Å². The van der Waals surface area contributed by atoms with Crippen molar-refractivity contribution in [3.05, 3.63) is 57.5 Å². The lowest BCUT2D eigenvalue weighted by atomic mass is 10.0. The Balaban J connectivity index is 2.55. The molecule has 96 valence electrons. The second kappa shape index (κ2) is 5.17. The zero-order valence-corrected chi connectivity index (χ0v) is 11.1. The number of nitrogens with one attached hydrogen (secondary N) is 1. The van der Waals surface area contributed by atoms with Gasteiger partial charge in [-0.05, 0) is 47.1 Å². The molecule has 0 aliphatic rings. The summed E-state index contributed by atoms with van der Waals surface area (Å²) in [6.07, 6.45) is 0. The number of hydrazine groups is 1. The Kier molecular flexibility index (Phi) is 3.79. The predicted molar refractivity (Wildman–Crippen MR) is 66.7 cm³/mol. The molecule has 0 radical (unpaired) electrons. The molecule has 2 aromatic rings. The smallest absolute Gasteiger partial charge is 0.145 e. The molecule has 6 heteroatoms. The molecular formula is C12H11BrF2N2O. The molecule has 0 saturated heterocycles. The van der Waals surface area contributed by atoms with E-state index in [0.29, 0.717) is 11.5 Å². The van der Waals surface area contributed by atoms with Crippen molar-refractivity contribution in [2.45, 2.75) is 13.0 Å².